The van der Waals surface area contributed by atoms with Gasteiger partial charge in [0.15, 0.2) is 0 Å². The Hall–Kier alpha value is -2.94. The van der Waals surface area contributed by atoms with Crippen LogP contribution in [0.1, 0.15) is 61.3 Å². The third-order valence-electron chi connectivity index (χ3n) is 5.22. The van der Waals surface area contributed by atoms with Gasteiger partial charge in [-0.15, -0.1) is 0 Å². The number of aliphatic carboxylic acids is 1. The number of carboxylic acid groups (broad SMARTS) is 1. The highest BCUT2D eigenvalue weighted by atomic mass is 16.5. The lowest BCUT2D eigenvalue weighted by Crippen LogP contribution is -2.41. The Morgan fingerprint density at radius 2 is 1.39 bits per heavy atom. The largest absolute Gasteiger partial charge is 0.481 e. The number of rotatable bonds is 7. The van der Waals surface area contributed by atoms with Gasteiger partial charge < -0.3 is 24.6 Å². The maximum atomic E-state index is 13.0. The minimum Gasteiger partial charge on any atom is -0.481 e. The smallest absolute Gasteiger partial charge is 0.338 e. The second-order valence-corrected chi connectivity index (χ2v) is 8.38. The molecule has 2 bridgehead atoms. The SMILES string of the molecule is CC(C)OC(=O)c1cc(NC(=O)[C@H]2[C@@H](C(=O)O)[C@@H]3CC[C@H]2O3)cc(C(=O)OC(C)C)c1. The highest BCUT2D eigenvalue weighted by Gasteiger charge is 2.55. The van der Waals surface area contributed by atoms with Crippen molar-refractivity contribution in [1.82, 2.24) is 0 Å². The third kappa shape index (κ3) is 5.04. The maximum Gasteiger partial charge on any atom is 0.338 e. The summed E-state index contributed by atoms with van der Waals surface area (Å²) in [7, 11) is 0. The first-order valence-electron chi connectivity index (χ1n) is 10.3. The molecule has 3 rings (SSSR count). The number of anilines is 1. The molecule has 2 aliphatic rings. The molecule has 1 amide bonds. The van der Waals surface area contributed by atoms with E-state index in [9.17, 15) is 24.3 Å². The van der Waals surface area contributed by atoms with Crippen LogP contribution in [0.15, 0.2) is 18.2 Å². The van der Waals surface area contributed by atoms with Gasteiger partial charge in [-0.1, -0.05) is 0 Å². The van der Waals surface area contributed by atoms with Crippen molar-refractivity contribution in [2.75, 3.05) is 5.32 Å². The molecule has 9 heteroatoms. The zero-order valence-electron chi connectivity index (χ0n) is 17.9. The maximum absolute atomic E-state index is 13.0. The second kappa shape index (κ2) is 9.05. The lowest BCUT2D eigenvalue weighted by Gasteiger charge is -2.24. The van der Waals surface area contributed by atoms with Crippen molar-refractivity contribution in [3.05, 3.63) is 29.3 Å². The Kier molecular flexibility index (Phi) is 6.64. The predicted molar refractivity (Wildman–Crippen MR) is 109 cm³/mol. The Balaban J connectivity index is 1.88. The molecule has 2 aliphatic heterocycles. The number of esters is 2. The summed E-state index contributed by atoms with van der Waals surface area (Å²) in [4.78, 5) is 49.4. The number of carbonyl (C=O) groups is 4. The molecule has 4 atom stereocenters. The molecule has 0 radical (unpaired) electrons. The zero-order valence-corrected chi connectivity index (χ0v) is 17.9. The van der Waals surface area contributed by atoms with Crippen LogP contribution < -0.4 is 5.32 Å². The highest BCUT2D eigenvalue weighted by molar-refractivity contribution is 6.01. The Morgan fingerprint density at radius 1 is 0.903 bits per heavy atom. The van der Waals surface area contributed by atoms with Crippen LogP contribution in [0.5, 0.6) is 0 Å². The molecule has 0 saturated carbocycles. The summed E-state index contributed by atoms with van der Waals surface area (Å²) in [6, 6.07) is 4.11. The first kappa shape index (κ1) is 22.7. The number of fused-ring (bicyclic) bond motifs is 2. The van der Waals surface area contributed by atoms with Gasteiger partial charge in [-0.2, -0.15) is 0 Å². The number of nitrogens with one attached hydrogen (secondary N) is 1. The summed E-state index contributed by atoms with van der Waals surface area (Å²) in [5.41, 5.74) is 0.313. The van der Waals surface area contributed by atoms with Crippen LogP contribution >= 0.6 is 0 Å². The van der Waals surface area contributed by atoms with Crippen LogP contribution in [0.25, 0.3) is 0 Å². The Bertz CT molecular complexity index is 853. The first-order valence-corrected chi connectivity index (χ1v) is 10.3. The van der Waals surface area contributed by atoms with E-state index in [0.717, 1.165) is 0 Å². The minimum atomic E-state index is -1.08. The third-order valence-corrected chi connectivity index (χ3v) is 5.22. The molecule has 168 valence electrons. The van der Waals surface area contributed by atoms with Gasteiger partial charge in [-0.25, -0.2) is 9.59 Å². The fraction of sp³-hybridized carbons (Fsp3) is 0.545. The molecule has 1 aromatic rings. The summed E-state index contributed by atoms with van der Waals surface area (Å²) >= 11 is 0. The average Bonchev–Trinajstić information content (AvgIpc) is 3.28. The number of carboxylic acids is 1. The molecule has 2 N–H and O–H groups in total. The van der Waals surface area contributed by atoms with Crippen molar-refractivity contribution in [1.29, 1.82) is 0 Å². The Morgan fingerprint density at radius 3 is 1.84 bits per heavy atom. The molecular weight excluding hydrogens is 406 g/mol. The summed E-state index contributed by atoms with van der Waals surface area (Å²) in [6.07, 6.45) is -0.488. The van der Waals surface area contributed by atoms with Gasteiger partial charge in [-0.05, 0) is 58.7 Å². The van der Waals surface area contributed by atoms with Crippen LogP contribution in [0, 0.1) is 11.8 Å². The number of benzene rings is 1. The van der Waals surface area contributed by atoms with E-state index >= 15 is 0 Å². The van der Waals surface area contributed by atoms with Crippen LogP contribution in [-0.2, 0) is 23.8 Å². The predicted octanol–water partition coefficient (Wildman–Crippen LogP) is 2.63. The number of ether oxygens (including phenoxy) is 3. The van der Waals surface area contributed by atoms with E-state index < -0.39 is 47.9 Å². The quantitative estimate of drug-likeness (QED) is 0.628. The average molecular weight is 433 g/mol. The number of amides is 1. The van der Waals surface area contributed by atoms with E-state index in [2.05, 4.69) is 5.32 Å². The molecule has 0 aromatic heterocycles. The molecule has 9 nitrogen and oxygen atoms in total. The fourth-order valence-electron chi connectivity index (χ4n) is 4.05. The Labute approximate surface area is 180 Å². The second-order valence-electron chi connectivity index (χ2n) is 8.38. The molecule has 2 saturated heterocycles. The van der Waals surface area contributed by atoms with Gasteiger partial charge in [0.2, 0.25) is 5.91 Å². The fourth-order valence-corrected chi connectivity index (χ4v) is 4.05. The van der Waals surface area contributed by atoms with Gasteiger partial charge in [0.1, 0.15) is 0 Å². The van der Waals surface area contributed by atoms with Crippen LogP contribution in [0.2, 0.25) is 0 Å². The monoisotopic (exact) mass is 433 g/mol. The summed E-state index contributed by atoms with van der Waals surface area (Å²) in [5, 5.41) is 12.2. The molecule has 0 aliphatic carbocycles. The first-order chi connectivity index (χ1) is 14.6. The van der Waals surface area contributed by atoms with Gasteiger partial charge >= 0.3 is 17.9 Å². The van der Waals surface area contributed by atoms with Gasteiger partial charge in [0.25, 0.3) is 0 Å². The van der Waals surface area contributed by atoms with Gasteiger partial charge in [-0.3, -0.25) is 9.59 Å². The lowest BCUT2D eigenvalue weighted by molar-refractivity contribution is -0.147. The number of hydrogen-bond acceptors (Lipinski definition) is 7. The molecular formula is C22H27NO8. The normalized spacial score (nSPS) is 24.3. The zero-order chi connectivity index (χ0) is 22.9. The van der Waals surface area contributed by atoms with Crippen LogP contribution in [0.4, 0.5) is 5.69 Å². The lowest BCUT2D eigenvalue weighted by atomic mass is 9.78. The van der Waals surface area contributed by atoms with Crippen molar-refractivity contribution in [3.8, 4) is 0 Å². The summed E-state index contributed by atoms with van der Waals surface area (Å²) in [5.74, 6) is -4.71. The van der Waals surface area contributed by atoms with E-state index in [1.165, 1.54) is 18.2 Å². The van der Waals surface area contributed by atoms with Crippen molar-refractivity contribution in [3.63, 3.8) is 0 Å². The number of hydrogen-bond donors (Lipinski definition) is 2. The van der Waals surface area contributed by atoms with Crippen molar-refractivity contribution in [2.45, 2.75) is 65.0 Å². The summed E-state index contributed by atoms with van der Waals surface area (Å²) < 4.78 is 16.0. The molecule has 2 heterocycles. The van der Waals surface area contributed by atoms with E-state index in [1.54, 1.807) is 27.7 Å². The van der Waals surface area contributed by atoms with Crippen molar-refractivity contribution >= 4 is 29.5 Å². The van der Waals surface area contributed by atoms with E-state index in [1.807, 2.05) is 0 Å². The van der Waals surface area contributed by atoms with Gasteiger partial charge in [0.05, 0.1) is 47.4 Å². The molecule has 0 unspecified atom stereocenters. The van der Waals surface area contributed by atoms with E-state index in [4.69, 9.17) is 14.2 Å². The molecule has 0 spiro atoms. The minimum absolute atomic E-state index is 0.0705. The van der Waals surface area contributed by atoms with Crippen LogP contribution in [-0.4, -0.2) is 53.3 Å². The molecule has 31 heavy (non-hydrogen) atoms. The number of carbonyl (C=O) groups excluding carboxylic acids is 3. The molecule has 1 aromatic carbocycles. The van der Waals surface area contributed by atoms with Crippen LogP contribution in [0.3, 0.4) is 0 Å². The summed E-state index contributed by atoms with van der Waals surface area (Å²) in [6.45, 7) is 6.77. The standard InChI is InChI=1S/C22H27NO8/c1-10(2)29-21(27)12-7-13(22(28)30-11(3)4)9-14(8-12)23-19(24)17-15-5-6-16(31-15)18(17)20(25)26/h7-11,15-18H,5-6H2,1-4H3,(H,23,24)(H,25,26)/t15-,16+,17-,18+/m1/s1. The molecule has 2 fully saturated rings. The van der Waals surface area contributed by atoms with Crippen molar-refractivity contribution in [2.24, 2.45) is 11.8 Å². The van der Waals surface area contributed by atoms with Gasteiger partial charge in [0, 0.05) is 5.69 Å². The van der Waals surface area contributed by atoms with Crippen molar-refractivity contribution < 1.29 is 38.5 Å². The van der Waals surface area contributed by atoms with E-state index in [-0.39, 0.29) is 29.0 Å². The topological polar surface area (TPSA) is 128 Å². The highest BCUT2D eigenvalue weighted by Crippen LogP contribution is 2.44. The van der Waals surface area contributed by atoms with E-state index in [0.29, 0.717) is 12.8 Å².